The van der Waals surface area contributed by atoms with Crippen molar-refractivity contribution >= 4 is 40.2 Å². The highest BCUT2D eigenvalue weighted by Gasteiger charge is 2.15. The molecule has 140 valence electrons. The molecule has 3 aromatic rings. The second-order valence-electron chi connectivity index (χ2n) is 6.55. The zero-order valence-corrected chi connectivity index (χ0v) is 16.9. The van der Waals surface area contributed by atoms with Crippen LogP contribution in [0.5, 0.6) is 0 Å². The summed E-state index contributed by atoms with van der Waals surface area (Å²) in [5.41, 5.74) is 2.08. The molecule has 27 heavy (non-hydrogen) atoms. The van der Waals surface area contributed by atoms with Crippen molar-refractivity contribution in [2.45, 2.75) is 32.0 Å². The molecule has 0 spiro atoms. The standard InChI is InChI=1S/C20H20ClN3O2S/c1-12(2)22-18(25)11-27-20-23-17-10-14(21)7-8-16(17)19(26)24(20)15-6-4-5-13(3)9-15/h4-10,12H,11H2,1-3H3,(H,22,25). The number of benzene rings is 2. The van der Waals surface area contributed by atoms with Crippen LogP contribution in [-0.2, 0) is 4.79 Å². The molecule has 7 heteroatoms. The average molecular weight is 402 g/mol. The molecule has 0 fully saturated rings. The van der Waals surface area contributed by atoms with Crippen molar-refractivity contribution in [2.75, 3.05) is 5.75 Å². The number of nitrogens with zero attached hydrogens (tertiary/aromatic N) is 2. The Morgan fingerprint density at radius 2 is 2.04 bits per heavy atom. The maximum Gasteiger partial charge on any atom is 0.266 e. The van der Waals surface area contributed by atoms with Crippen LogP contribution in [0.15, 0.2) is 52.4 Å². The van der Waals surface area contributed by atoms with Crippen LogP contribution in [0.4, 0.5) is 0 Å². The van der Waals surface area contributed by atoms with E-state index in [1.807, 2.05) is 45.0 Å². The molecule has 1 N–H and O–H groups in total. The van der Waals surface area contributed by atoms with E-state index in [4.69, 9.17) is 11.6 Å². The Balaban J connectivity index is 2.12. The SMILES string of the molecule is Cc1cccc(-n2c(SCC(=O)NC(C)C)nc3cc(Cl)ccc3c2=O)c1. The van der Waals surface area contributed by atoms with Crippen molar-refractivity contribution < 1.29 is 4.79 Å². The molecule has 0 bridgehead atoms. The predicted molar refractivity (Wildman–Crippen MR) is 111 cm³/mol. The molecule has 1 heterocycles. The largest absolute Gasteiger partial charge is 0.353 e. The van der Waals surface area contributed by atoms with Crippen LogP contribution in [0.1, 0.15) is 19.4 Å². The van der Waals surface area contributed by atoms with E-state index >= 15 is 0 Å². The summed E-state index contributed by atoms with van der Waals surface area (Å²) in [5, 5.41) is 4.30. The summed E-state index contributed by atoms with van der Waals surface area (Å²) in [6.07, 6.45) is 0. The molecule has 0 unspecified atom stereocenters. The Morgan fingerprint density at radius 3 is 2.74 bits per heavy atom. The van der Waals surface area contributed by atoms with Gasteiger partial charge in [-0.3, -0.25) is 14.2 Å². The zero-order chi connectivity index (χ0) is 19.6. The number of aryl methyl sites for hydroxylation is 1. The topological polar surface area (TPSA) is 64.0 Å². The monoisotopic (exact) mass is 401 g/mol. The summed E-state index contributed by atoms with van der Waals surface area (Å²) in [6.45, 7) is 5.77. The van der Waals surface area contributed by atoms with Crippen LogP contribution in [-0.4, -0.2) is 27.3 Å². The van der Waals surface area contributed by atoms with E-state index in [1.165, 1.54) is 11.8 Å². The minimum Gasteiger partial charge on any atom is -0.353 e. The van der Waals surface area contributed by atoms with Gasteiger partial charge in [-0.1, -0.05) is 35.5 Å². The summed E-state index contributed by atoms with van der Waals surface area (Å²) in [6, 6.07) is 12.7. The second-order valence-corrected chi connectivity index (χ2v) is 7.93. The number of hydrogen-bond acceptors (Lipinski definition) is 4. The number of rotatable bonds is 5. The number of carbonyl (C=O) groups excluding carboxylic acids is 1. The Morgan fingerprint density at radius 1 is 1.26 bits per heavy atom. The Bertz CT molecular complexity index is 1060. The average Bonchev–Trinajstić information content (AvgIpc) is 2.59. The molecule has 0 saturated heterocycles. The van der Waals surface area contributed by atoms with Gasteiger partial charge in [0.1, 0.15) is 0 Å². The van der Waals surface area contributed by atoms with Crippen molar-refractivity contribution in [1.82, 2.24) is 14.9 Å². The predicted octanol–water partition coefficient (Wildman–Crippen LogP) is 3.96. The van der Waals surface area contributed by atoms with E-state index < -0.39 is 0 Å². The van der Waals surface area contributed by atoms with Gasteiger partial charge in [-0.2, -0.15) is 0 Å². The van der Waals surface area contributed by atoms with Gasteiger partial charge in [0.2, 0.25) is 5.91 Å². The molecule has 0 radical (unpaired) electrons. The van der Waals surface area contributed by atoms with Gasteiger partial charge in [-0.25, -0.2) is 4.98 Å². The number of thioether (sulfide) groups is 1. The third-order valence-electron chi connectivity index (χ3n) is 3.84. The van der Waals surface area contributed by atoms with Crippen molar-refractivity contribution in [3.63, 3.8) is 0 Å². The normalized spacial score (nSPS) is 11.1. The number of nitrogens with one attached hydrogen (secondary N) is 1. The fourth-order valence-corrected chi connectivity index (χ4v) is 3.71. The first kappa shape index (κ1) is 19.5. The molecule has 0 saturated carbocycles. The number of aromatic nitrogens is 2. The van der Waals surface area contributed by atoms with Crippen LogP contribution in [0, 0.1) is 6.92 Å². The number of halogens is 1. The maximum atomic E-state index is 13.2. The molecule has 1 aromatic heterocycles. The lowest BCUT2D eigenvalue weighted by Crippen LogP contribution is -2.32. The van der Waals surface area contributed by atoms with Crippen molar-refractivity contribution in [3.05, 3.63) is 63.4 Å². The smallest absolute Gasteiger partial charge is 0.266 e. The lowest BCUT2D eigenvalue weighted by atomic mass is 10.2. The Kier molecular flexibility index (Phi) is 5.87. The number of hydrogen-bond donors (Lipinski definition) is 1. The molecule has 0 atom stereocenters. The molecule has 2 aromatic carbocycles. The van der Waals surface area contributed by atoms with E-state index in [2.05, 4.69) is 10.3 Å². The first-order valence-electron chi connectivity index (χ1n) is 8.56. The van der Waals surface area contributed by atoms with Crippen LogP contribution < -0.4 is 10.9 Å². The highest BCUT2D eigenvalue weighted by atomic mass is 35.5. The molecule has 5 nitrogen and oxygen atoms in total. The van der Waals surface area contributed by atoms with Gasteiger partial charge in [0.05, 0.1) is 22.3 Å². The van der Waals surface area contributed by atoms with Crippen molar-refractivity contribution in [3.8, 4) is 5.69 Å². The molecule has 0 aliphatic heterocycles. The quantitative estimate of drug-likeness (QED) is 0.519. The zero-order valence-electron chi connectivity index (χ0n) is 15.3. The lowest BCUT2D eigenvalue weighted by Gasteiger charge is -2.14. The highest BCUT2D eigenvalue weighted by molar-refractivity contribution is 7.99. The Hall–Kier alpha value is -2.31. The lowest BCUT2D eigenvalue weighted by molar-refractivity contribution is -0.119. The van der Waals surface area contributed by atoms with Gasteiger partial charge in [-0.15, -0.1) is 0 Å². The van der Waals surface area contributed by atoms with E-state index in [9.17, 15) is 9.59 Å². The summed E-state index contributed by atoms with van der Waals surface area (Å²) >= 11 is 7.30. The number of fused-ring (bicyclic) bond motifs is 1. The number of carbonyl (C=O) groups is 1. The highest BCUT2D eigenvalue weighted by Crippen LogP contribution is 2.23. The first-order valence-corrected chi connectivity index (χ1v) is 9.93. The van der Waals surface area contributed by atoms with Gasteiger partial charge in [0.25, 0.3) is 5.56 Å². The fourth-order valence-electron chi connectivity index (χ4n) is 2.72. The van der Waals surface area contributed by atoms with E-state index in [-0.39, 0.29) is 23.3 Å². The van der Waals surface area contributed by atoms with Crippen LogP contribution >= 0.6 is 23.4 Å². The summed E-state index contributed by atoms with van der Waals surface area (Å²) in [7, 11) is 0. The number of amides is 1. The van der Waals surface area contributed by atoms with Gasteiger partial charge < -0.3 is 5.32 Å². The van der Waals surface area contributed by atoms with E-state index in [0.29, 0.717) is 21.1 Å². The molecule has 0 aliphatic carbocycles. The summed E-state index contributed by atoms with van der Waals surface area (Å²) in [4.78, 5) is 29.8. The fraction of sp³-hybridized carbons (Fsp3) is 0.250. The minimum absolute atomic E-state index is 0.0560. The molecule has 0 aliphatic rings. The second kappa shape index (κ2) is 8.15. The van der Waals surface area contributed by atoms with Gasteiger partial charge >= 0.3 is 0 Å². The van der Waals surface area contributed by atoms with Gasteiger partial charge in [0, 0.05) is 11.1 Å². The van der Waals surface area contributed by atoms with Crippen LogP contribution in [0.3, 0.4) is 0 Å². The van der Waals surface area contributed by atoms with Crippen molar-refractivity contribution in [2.24, 2.45) is 0 Å². The molecular weight excluding hydrogens is 382 g/mol. The molecular formula is C20H20ClN3O2S. The minimum atomic E-state index is -0.186. The third kappa shape index (κ3) is 4.51. The van der Waals surface area contributed by atoms with E-state index in [0.717, 1.165) is 11.3 Å². The first-order chi connectivity index (χ1) is 12.8. The van der Waals surface area contributed by atoms with Gasteiger partial charge in [0.15, 0.2) is 5.16 Å². The van der Waals surface area contributed by atoms with E-state index in [1.54, 1.807) is 22.8 Å². The van der Waals surface area contributed by atoms with Crippen LogP contribution in [0.2, 0.25) is 5.02 Å². The summed E-state index contributed by atoms with van der Waals surface area (Å²) in [5.74, 6) is 0.0638. The van der Waals surface area contributed by atoms with Crippen LogP contribution in [0.25, 0.3) is 16.6 Å². The molecule has 1 amide bonds. The summed E-state index contributed by atoms with van der Waals surface area (Å²) < 4.78 is 1.55. The Labute approximate surface area is 166 Å². The maximum absolute atomic E-state index is 13.2. The third-order valence-corrected chi connectivity index (χ3v) is 5.02. The van der Waals surface area contributed by atoms with Gasteiger partial charge in [-0.05, 0) is 56.7 Å². The van der Waals surface area contributed by atoms with Crippen molar-refractivity contribution in [1.29, 1.82) is 0 Å². The molecule has 3 rings (SSSR count).